The molecule has 0 atom stereocenters. The molecule has 0 bridgehead atoms. The lowest BCUT2D eigenvalue weighted by molar-refractivity contribution is 0.0600. The number of rotatable bonds is 3. The summed E-state index contributed by atoms with van der Waals surface area (Å²) in [7, 11) is 1.24. The molecule has 0 unspecified atom stereocenters. The molecule has 0 fully saturated rings. The van der Waals surface area contributed by atoms with E-state index in [0.717, 1.165) is 0 Å². The summed E-state index contributed by atoms with van der Waals surface area (Å²) in [4.78, 5) is 23.7. The number of benzene rings is 2. The molecule has 1 amide bonds. The molecule has 0 spiro atoms. The number of hydrogen-bond donors (Lipinski definition) is 1. The van der Waals surface area contributed by atoms with Crippen LogP contribution in [0.3, 0.4) is 0 Å². The Balaban J connectivity index is 2.34. The van der Waals surface area contributed by atoms with Gasteiger partial charge in [0.25, 0.3) is 5.91 Å². The number of carbonyl (C=O) groups is 2. The molecule has 0 aliphatic heterocycles. The lowest BCUT2D eigenvalue weighted by Crippen LogP contribution is -2.13. The minimum atomic E-state index is -0.627. The number of methoxy groups -OCH3 is 1. The van der Waals surface area contributed by atoms with Crippen LogP contribution >= 0.6 is 23.2 Å². The van der Waals surface area contributed by atoms with Crippen LogP contribution in [0.15, 0.2) is 42.5 Å². The lowest BCUT2D eigenvalue weighted by Gasteiger charge is -2.11. The van der Waals surface area contributed by atoms with Crippen LogP contribution in [0.4, 0.5) is 5.69 Å². The van der Waals surface area contributed by atoms with E-state index in [1.54, 1.807) is 30.3 Å². The van der Waals surface area contributed by atoms with Gasteiger partial charge >= 0.3 is 5.97 Å². The molecule has 108 valence electrons. The molecule has 6 heteroatoms. The van der Waals surface area contributed by atoms with Gasteiger partial charge in [0.15, 0.2) is 0 Å². The fraction of sp³-hybridized carbons (Fsp3) is 0.0667. The molecule has 4 nitrogen and oxygen atoms in total. The van der Waals surface area contributed by atoms with E-state index in [-0.39, 0.29) is 27.2 Å². The Kier molecular flexibility index (Phi) is 4.83. The van der Waals surface area contributed by atoms with Crippen LogP contribution in [-0.2, 0) is 4.74 Å². The quantitative estimate of drug-likeness (QED) is 0.867. The van der Waals surface area contributed by atoms with Crippen LogP contribution in [-0.4, -0.2) is 19.0 Å². The monoisotopic (exact) mass is 323 g/mol. The van der Waals surface area contributed by atoms with Crippen molar-refractivity contribution < 1.29 is 14.3 Å². The second-order valence-electron chi connectivity index (χ2n) is 4.13. The van der Waals surface area contributed by atoms with E-state index >= 15 is 0 Å². The van der Waals surface area contributed by atoms with Gasteiger partial charge in [0.05, 0.1) is 23.4 Å². The van der Waals surface area contributed by atoms with E-state index in [1.807, 2.05) is 0 Å². The van der Waals surface area contributed by atoms with Gasteiger partial charge in [0.2, 0.25) is 0 Å². The van der Waals surface area contributed by atoms with Gasteiger partial charge < -0.3 is 10.1 Å². The van der Waals surface area contributed by atoms with Crippen LogP contribution < -0.4 is 5.32 Å². The summed E-state index contributed by atoms with van der Waals surface area (Å²) in [5, 5.41) is 2.97. The molecule has 0 aliphatic rings. The van der Waals surface area contributed by atoms with Crippen LogP contribution in [0.25, 0.3) is 0 Å². The van der Waals surface area contributed by atoms with Crippen LogP contribution in [0, 0.1) is 0 Å². The zero-order chi connectivity index (χ0) is 15.4. The summed E-state index contributed by atoms with van der Waals surface area (Å²) in [6.45, 7) is 0. The van der Waals surface area contributed by atoms with Crippen LogP contribution in [0.2, 0.25) is 10.0 Å². The Morgan fingerprint density at radius 2 is 1.76 bits per heavy atom. The zero-order valence-corrected chi connectivity index (χ0v) is 12.5. The minimum Gasteiger partial charge on any atom is -0.465 e. The normalized spacial score (nSPS) is 10.0. The molecule has 21 heavy (non-hydrogen) atoms. The van der Waals surface area contributed by atoms with Gasteiger partial charge in [0, 0.05) is 10.6 Å². The van der Waals surface area contributed by atoms with Crippen LogP contribution in [0.1, 0.15) is 20.7 Å². The van der Waals surface area contributed by atoms with Gasteiger partial charge in [-0.25, -0.2) is 4.79 Å². The van der Waals surface area contributed by atoms with Crippen molar-refractivity contribution in [2.75, 3.05) is 12.4 Å². The maximum Gasteiger partial charge on any atom is 0.339 e. The van der Waals surface area contributed by atoms with Gasteiger partial charge in [0.1, 0.15) is 0 Å². The molecule has 2 aromatic carbocycles. The third-order valence-electron chi connectivity index (χ3n) is 2.73. The highest BCUT2D eigenvalue weighted by molar-refractivity contribution is 6.38. The smallest absolute Gasteiger partial charge is 0.339 e. The second-order valence-corrected chi connectivity index (χ2v) is 4.94. The van der Waals surface area contributed by atoms with Gasteiger partial charge in [-0.2, -0.15) is 0 Å². The third kappa shape index (κ3) is 3.54. The SMILES string of the molecule is COC(=O)c1cc(Cl)cc(NC(=O)c2ccccc2)c1Cl. The molecule has 0 heterocycles. The van der Waals surface area contributed by atoms with Crippen molar-refractivity contribution in [1.29, 1.82) is 0 Å². The topological polar surface area (TPSA) is 55.4 Å². The van der Waals surface area contributed by atoms with Gasteiger partial charge in [-0.15, -0.1) is 0 Å². The number of amides is 1. The second kappa shape index (κ2) is 6.61. The molecule has 0 saturated carbocycles. The molecule has 0 aliphatic carbocycles. The molecule has 0 aromatic heterocycles. The summed E-state index contributed by atoms with van der Waals surface area (Å²) < 4.78 is 4.62. The Morgan fingerprint density at radius 3 is 2.38 bits per heavy atom. The van der Waals surface area contributed by atoms with E-state index in [2.05, 4.69) is 10.1 Å². The summed E-state index contributed by atoms with van der Waals surface area (Å²) in [6, 6.07) is 11.5. The average Bonchev–Trinajstić information content (AvgIpc) is 2.50. The van der Waals surface area contributed by atoms with Crippen molar-refractivity contribution in [2.24, 2.45) is 0 Å². The van der Waals surface area contributed by atoms with Crippen molar-refractivity contribution in [2.45, 2.75) is 0 Å². The van der Waals surface area contributed by atoms with E-state index in [4.69, 9.17) is 23.2 Å². The van der Waals surface area contributed by atoms with E-state index < -0.39 is 5.97 Å². The standard InChI is InChI=1S/C15H11Cl2NO3/c1-21-15(20)11-7-10(16)8-12(13(11)17)18-14(19)9-5-3-2-4-6-9/h2-8H,1H3,(H,18,19). The first kappa shape index (κ1) is 15.4. The first-order valence-electron chi connectivity index (χ1n) is 5.96. The highest BCUT2D eigenvalue weighted by Gasteiger charge is 2.17. The van der Waals surface area contributed by atoms with Crippen molar-refractivity contribution in [1.82, 2.24) is 0 Å². The lowest BCUT2D eigenvalue weighted by atomic mass is 10.1. The number of nitrogens with one attached hydrogen (secondary N) is 1. The number of esters is 1. The third-order valence-corrected chi connectivity index (χ3v) is 3.35. The van der Waals surface area contributed by atoms with Gasteiger partial charge in [-0.05, 0) is 24.3 Å². The zero-order valence-electron chi connectivity index (χ0n) is 11.0. The molecule has 0 radical (unpaired) electrons. The first-order chi connectivity index (χ1) is 10.0. The average molecular weight is 324 g/mol. The minimum absolute atomic E-state index is 0.0792. The molecule has 2 rings (SSSR count). The molecular formula is C15H11Cl2NO3. The highest BCUT2D eigenvalue weighted by Crippen LogP contribution is 2.31. The number of ether oxygens (including phenoxy) is 1. The fourth-order valence-corrected chi connectivity index (χ4v) is 2.17. The van der Waals surface area contributed by atoms with Crippen molar-refractivity contribution in [3.05, 3.63) is 63.6 Å². The Morgan fingerprint density at radius 1 is 1.10 bits per heavy atom. The summed E-state index contributed by atoms with van der Waals surface area (Å²) in [5.74, 6) is -0.978. The highest BCUT2D eigenvalue weighted by atomic mass is 35.5. The van der Waals surface area contributed by atoms with E-state index in [1.165, 1.54) is 19.2 Å². The first-order valence-corrected chi connectivity index (χ1v) is 6.72. The number of carbonyl (C=O) groups excluding carboxylic acids is 2. The maximum atomic E-state index is 12.1. The predicted molar refractivity (Wildman–Crippen MR) is 82.2 cm³/mol. The summed E-state index contributed by atoms with van der Waals surface area (Å²) in [5.41, 5.74) is 0.807. The Hall–Kier alpha value is -2.04. The molecule has 0 saturated heterocycles. The van der Waals surface area contributed by atoms with Crippen LogP contribution in [0.5, 0.6) is 0 Å². The summed E-state index contributed by atoms with van der Waals surface area (Å²) >= 11 is 12.0. The number of anilines is 1. The van der Waals surface area contributed by atoms with Gasteiger partial charge in [-0.3, -0.25) is 4.79 Å². The number of hydrogen-bond acceptors (Lipinski definition) is 3. The van der Waals surface area contributed by atoms with Crippen molar-refractivity contribution >= 4 is 40.8 Å². The van der Waals surface area contributed by atoms with E-state index in [0.29, 0.717) is 5.56 Å². The fourth-order valence-electron chi connectivity index (χ4n) is 1.72. The summed E-state index contributed by atoms with van der Waals surface area (Å²) in [6.07, 6.45) is 0. The molecule has 2 aromatic rings. The van der Waals surface area contributed by atoms with Crippen molar-refractivity contribution in [3.8, 4) is 0 Å². The van der Waals surface area contributed by atoms with Gasteiger partial charge in [-0.1, -0.05) is 41.4 Å². The largest absolute Gasteiger partial charge is 0.465 e. The Labute approximate surface area is 131 Å². The van der Waals surface area contributed by atoms with E-state index in [9.17, 15) is 9.59 Å². The van der Waals surface area contributed by atoms with Crippen molar-refractivity contribution in [3.63, 3.8) is 0 Å². The Bertz CT molecular complexity index is 687. The predicted octanol–water partition coefficient (Wildman–Crippen LogP) is 4.03. The molecule has 1 N–H and O–H groups in total. The maximum absolute atomic E-state index is 12.1. The number of halogens is 2. The molecular weight excluding hydrogens is 313 g/mol.